The minimum absolute atomic E-state index is 1.00. The van der Waals surface area contributed by atoms with Gasteiger partial charge in [-0.3, -0.25) is 4.99 Å². The standard InChI is InChI=1S/C15H32N4/c1-4-5-11-18(3)15(16-2)17-10-14-19-12-8-6-7-9-13-19/h4-14H2,1-3H3,(H,16,17). The molecule has 0 atom stereocenters. The summed E-state index contributed by atoms with van der Waals surface area (Å²) in [6.45, 7) is 7.99. The van der Waals surface area contributed by atoms with Crippen molar-refractivity contribution < 1.29 is 0 Å². The van der Waals surface area contributed by atoms with E-state index in [1.54, 1.807) is 0 Å². The smallest absolute Gasteiger partial charge is 0.193 e. The van der Waals surface area contributed by atoms with E-state index in [-0.39, 0.29) is 0 Å². The first-order valence-electron chi connectivity index (χ1n) is 7.92. The maximum atomic E-state index is 4.35. The van der Waals surface area contributed by atoms with Crippen molar-refractivity contribution in [2.75, 3.05) is 46.8 Å². The van der Waals surface area contributed by atoms with Gasteiger partial charge in [0.2, 0.25) is 0 Å². The lowest BCUT2D eigenvalue weighted by molar-refractivity contribution is 0.288. The zero-order chi connectivity index (χ0) is 13.9. The van der Waals surface area contributed by atoms with E-state index < -0.39 is 0 Å². The van der Waals surface area contributed by atoms with E-state index in [1.165, 1.54) is 51.6 Å². The molecule has 0 spiro atoms. The summed E-state index contributed by atoms with van der Waals surface area (Å²) in [5.74, 6) is 1.03. The van der Waals surface area contributed by atoms with Crippen LogP contribution in [0.5, 0.6) is 0 Å². The van der Waals surface area contributed by atoms with Gasteiger partial charge < -0.3 is 15.1 Å². The summed E-state index contributed by atoms with van der Waals surface area (Å²) in [5.41, 5.74) is 0. The number of hydrogen-bond acceptors (Lipinski definition) is 2. The third kappa shape index (κ3) is 6.81. The molecule has 1 heterocycles. The van der Waals surface area contributed by atoms with Crippen LogP contribution in [0.25, 0.3) is 0 Å². The highest BCUT2D eigenvalue weighted by Gasteiger charge is 2.09. The molecule has 1 N–H and O–H groups in total. The van der Waals surface area contributed by atoms with Crippen LogP contribution in [-0.2, 0) is 0 Å². The Morgan fingerprint density at radius 1 is 1.21 bits per heavy atom. The lowest BCUT2D eigenvalue weighted by atomic mass is 10.2. The second-order valence-electron chi connectivity index (χ2n) is 5.50. The topological polar surface area (TPSA) is 30.9 Å². The van der Waals surface area contributed by atoms with Crippen molar-refractivity contribution in [1.29, 1.82) is 0 Å². The van der Waals surface area contributed by atoms with E-state index in [9.17, 15) is 0 Å². The summed E-state index contributed by atoms with van der Waals surface area (Å²) in [6, 6.07) is 0. The van der Waals surface area contributed by atoms with E-state index in [0.717, 1.165) is 25.6 Å². The van der Waals surface area contributed by atoms with E-state index >= 15 is 0 Å². The number of nitrogens with one attached hydrogen (secondary N) is 1. The number of likely N-dealkylation sites (tertiary alicyclic amines) is 1. The molecule has 0 aromatic carbocycles. The molecule has 0 unspecified atom stereocenters. The molecule has 112 valence electrons. The number of guanidine groups is 1. The summed E-state index contributed by atoms with van der Waals surface area (Å²) in [6.07, 6.45) is 8.01. The van der Waals surface area contributed by atoms with Gasteiger partial charge in [-0.15, -0.1) is 0 Å². The van der Waals surface area contributed by atoms with Gasteiger partial charge in [0.15, 0.2) is 5.96 Å². The van der Waals surface area contributed by atoms with Gasteiger partial charge in [-0.25, -0.2) is 0 Å². The molecule has 1 aliphatic heterocycles. The number of aliphatic imine (C=N–C) groups is 1. The molecule has 0 bridgehead atoms. The maximum Gasteiger partial charge on any atom is 0.193 e. The second-order valence-corrected chi connectivity index (χ2v) is 5.50. The lowest BCUT2D eigenvalue weighted by Crippen LogP contribution is -2.43. The van der Waals surface area contributed by atoms with Crippen LogP contribution in [0.1, 0.15) is 45.4 Å². The van der Waals surface area contributed by atoms with E-state index in [1.807, 2.05) is 7.05 Å². The number of hydrogen-bond donors (Lipinski definition) is 1. The highest BCUT2D eigenvalue weighted by Crippen LogP contribution is 2.08. The number of unbranched alkanes of at least 4 members (excludes halogenated alkanes) is 1. The fraction of sp³-hybridized carbons (Fsp3) is 0.933. The lowest BCUT2D eigenvalue weighted by Gasteiger charge is -2.24. The molecule has 1 aliphatic rings. The van der Waals surface area contributed by atoms with Crippen LogP contribution in [0, 0.1) is 0 Å². The van der Waals surface area contributed by atoms with Gasteiger partial charge in [0.25, 0.3) is 0 Å². The first-order chi connectivity index (χ1) is 9.27. The average molecular weight is 268 g/mol. The molecule has 1 fully saturated rings. The predicted molar refractivity (Wildman–Crippen MR) is 83.8 cm³/mol. The van der Waals surface area contributed by atoms with Crippen molar-refractivity contribution in [3.63, 3.8) is 0 Å². The Morgan fingerprint density at radius 3 is 2.47 bits per heavy atom. The third-order valence-electron chi connectivity index (χ3n) is 3.83. The average Bonchev–Trinajstić information content (AvgIpc) is 2.69. The van der Waals surface area contributed by atoms with Gasteiger partial charge in [-0.05, 0) is 32.4 Å². The van der Waals surface area contributed by atoms with E-state index in [0.29, 0.717) is 0 Å². The van der Waals surface area contributed by atoms with Crippen LogP contribution in [0.3, 0.4) is 0 Å². The predicted octanol–water partition coefficient (Wildman–Crippen LogP) is 2.17. The minimum Gasteiger partial charge on any atom is -0.355 e. The van der Waals surface area contributed by atoms with Crippen LogP contribution >= 0.6 is 0 Å². The Bertz CT molecular complexity index is 245. The van der Waals surface area contributed by atoms with Crippen LogP contribution in [-0.4, -0.2) is 62.6 Å². The van der Waals surface area contributed by atoms with Crippen LogP contribution in [0.4, 0.5) is 0 Å². The van der Waals surface area contributed by atoms with E-state index in [4.69, 9.17) is 0 Å². The molecule has 0 aliphatic carbocycles. The zero-order valence-corrected chi connectivity index (χ0v) is 13.1. The SMILES string of the molecule is CCCCN(C)C(=NC)NCCN1CCCCCC1. The van der Waals surface area contributed by atoms with Gasteiger partial charge in [-0.2, -0.15) is 0 Å². The van der Waals surface area contributed by atoms with Gasteiger partial charge in [0, 0.05) is 33.7 Å². The molecule has 0 saturated carbocycles. The minimum atomic E-state index is 1.00. The van der Waals surface area contributed by atoms with Gasteiger partial charge >= 0.3 is 0 Å². The summed E-state index contributed by atoms with van der Waals surface area (Å²) in [7, 11) is 3.99. The number of rotatable bonds is 6. The van der Waals surface area contributed by atoms with Crippen molar-refractivity contribution in [2.24, 2.45) is 4.99 Å². The summed E-state index contributed by atoms with van der Waals surface area (Å²) in [4.78, 5) is 9.17. The molecule has 0 aromatic heterocycles. The summed E-state index contributed by atoms with van der Waals surface area (Å²) >= 11 is 0. The van der Waals surface area contributed by atoms with Crippen molar-refractivity contribution in [2.45, 2.75) is 45.4 Å². The molecule has 1 saturated heterocycles. The third-order valence-corrected chi connectivity index (χ3v) is 3.83. The largest absolute Gasteiger partial charge is 0.355 e. The van der Waals surface area contributed by atoms with Crippen molar-refractivity contribution in [1.82, 2.24) is 15.1 Å². The molecule has 0 amide bonds. The fourth-order valence-electron chi connectivity index (χ4n) is 2.57. The van der Waals surface area contributed by atoms with Crippen LogP contribution in [0.2, 0.25) is 0 Å². The van der Waals surface area contributed by atoms with Crippen molar-refractivity contribution in [3.8, 4) is 0 Å². The molecule has 1 rings (SSSR count). The summed E-state index contributed by atoms with van der Waals surface area (Å²) in [5, 5.41) is 3.48. The van der Waals surface area contributed by atoms with Crippen LogP contribution < -0.4 is 5.32 Å². The maximum absolute atomic E-state index is 4.35. The van der Waals surface area contributed by atoms with Gasteiger partial charge in [0.1, 0.15) is 0 Å². The summed E-state index contributed by atoms with van der Waals surface area (Å²) < 4.78 is 0. The first kappa shape index (κ1) is 16.3. The van der Waals surface area contributed by atoms with Gasteiger partial charge in [0.05, 0.1) is 0 Å². The fourth-order valence-corrected chi connectivity index (χ4v) is 2.57. The second kappa shape index (κ2) is 10.1. The highest BCUT2D eigenvalue weighted by atomic mass is 15.3. The quantitative estimate of drug-likeness (QED) is 0.592. The van der Waals surface area contributed by atoms with Crippen LogP contribution in [0.15, 0.2) is 4.99 Å². The Morgan fingerprint density at radius 2 is 1.89 bits per heavy atom. The molecule has 4 nitrogen and oxygen atoms in total. The van der Waals surface area contributed by atoms with Crippen molar-refractivity contribution in [3.05, 3.63) is 0 Å². The first-order valence-corrected chi connectivity index (χ1v) is 7.92. The molecule has 0 aromatic rings. The van der Waals surface area contributed by atoms with Crippen molar-refractivity contribution >= 4 is 5.96 Å². The zero-order valence-electron chi connectivity index (χ0n) is 13.1. The Balaban J connectivity index is 2.21. The molecule has 19 heavy (non-hydrogen) atoms. The number of nitrogens with zero attached hydrogens (tertiary/aromatic N) is 3. The highest BCUT2D eigenvalue weighted by molar-refractivity contribution is 5.79. The van der Waals surface area contributed by atoms with E-state index in [2.05, 4.69) is 34.1 Å². The normalized spacial score (nSPS) is 18.2. The molecular weight excluding hydrogens is 236 g/mol. The molecule has 4 heteroatoms. The Kier molecular flexibility index (Phi) is 8.63. The molecular formula is C15H32N4. The van der Waals surface area contributed by atoms with Gasteiger partial charge in [-0.1, -0.05) is 26.2 Å². The monoisotopic (exact) mass is 268 g/mol. The molecule has 0 radical (unpaired) electrons. The Labute approximate surface area is 119 Å². The Hall–Kier alpha value is -0.770.